The van der Waals surface area contributed by atoms with E-state index in [1.807, 2.05) is 59.4 Å². The zero-order chi connectivity index (χ0) is 22.6. The molecule has 3 aromatic heterocycles. The molecule has 3 heterocycles. The highest BCUT2D eigenvalue weighted by molar-refractivity contribution is 7.51. The highest BCUT2D eigenvalue weighted by atomic mass is 31.2. The molecule has 1 aromatic carbocycles. The average Bonchev–Trinajstić information content (AvgIpc) is 2.81. The molecule has 0 unspecified atom stereocenters. The van der Waals surface area contributed by atoms with Gasteiger partial charge in [0.05, 0.1) is 29.3 Å². The van der Waals surface area contributed by atoms with Gasteiger partial charge in [0, 0.05) is 29.8 Å². The molecule has 0 fully saturated rings. The number of carbonyl (C=O) groups excluding carboxylic acids is 1. The van der Waals surface area contributed by atoms with Gasteiger partial charge in [-0.3, -0.25) is 9.55 Å². The average molecular weight is 450 g/mol. The molecule has 0 aliphatic carbocycles. The van der Waals surface area contributed by atoms with E-state index in [4.69, 9.17) is 14.8 Å². The molecule has 9 heteroatoms. The molecule has 0 amide bonds. The minimum absolute atomic E-state index is 0.199. The Hall–Kier alpha value is -3.32. The van der Waals surface area contributed by atoms with Crippen molar-refractivity contribution in [3.05, 3.63) is 73.4 Å². The standard InChI is InChI=1S/C23H21N4O4P/c28-14-1-8-26-9-4-18(5-10-26)20-2-3-21-22(16-20)24-17-23(25-21)19-6-11-27(12-7-19)13-15-32(29,30)31/h2-7,9-12,14,16-17H,1,8,13,15H2/p+2. The van der Waals surface area contributed by atoms with Crippen LogP contribution in [0.4, 0.5) is 0 Å². The summed E-state index contributed by atoms with van der Waals surface area (Å²) >= 11 is 0. The van der Waals surface area contributed by atoms with E-state index in [0.717, 1.165) is 39.7 Å². The number of nitrogens with zero attached hydrogens (tertiary/aromatic N) is 4. The van der Waals surface area contributed by atoms with Gasteiger partial charge in [0.1, 0.15) is 12.4 Å². The summed E-state index contributed by atoms with van der Waals surface area (Å²) in [5.74, 6) is 0. The van der Waals surface area contributed by atoms with Crippen LogP contribution in [0.2, 0.25) is 0 Å². The first-order chi connectivity index (χ1) is 15.4. The lowest BCUT2D eigenvalue weighted by Gasteiger charge is -2.06. The second-order valence-electron chi connectivity index (χ2n) is 7.45. The fourth-order valence-electron chi connectivity index (χ4n) is 3.35. The van der Waals surface area contributed by atoms with Crippen LogP contribution in [0.1, 0.15) is 6.42 Å². The summed E-state index contributed by atoms with van der Waals surface area (Å²) < 4.78 is 14.7. The lowest BCUT2D eigenvalue weighted by atomic mass is 10.1. The lowest BCUT2D eigenvalue weighted by molar-refractivity contribution is -0.695. The second-order valence-corrected chi connectivity index (χ2v) is 9.23. The van der Waals surface area contributed by atoms with Crippen LogP contribution in [0.3, 0.4) is 0 Å². The first kappa shape index (κ1) is 21.9. The molecule has 4 aromatic rings. The van der Waals surface area contributed by atoms with Gasteiger partial charge in [-0.25, -0.2) is 14.1 Å². The van der Waals surface area contributed by atoms with E-state index in [9.17, 15) is 9.36 Å². The van der Waals surface area contributed by atoms with Gasteiger partial charge < -0.3 is 14.6 Å². The summed E-state index contributed by atoms with van der Waals surface area (Å²) in [7, 11) is -4.02. The molecule has 0 aliphatic rings. The van der Waals surface area contributed by atoms with E-state index in [1.165, 1.54) is 0 Å². The fourth-order valence-corrected chi connectivity index (χ4v) is 3.84. The van der Waals surface area contributed by atoms with Gasteiger partial charge in [-0.05, 0) is 23.3 Å². The Morgan fingerprint density at radius 2 is 1.50 bits per heavy atom. The molecule has 162 valence electrons. The predicted octanol–water partition coefficient (Wildman–Crippen LogP) is 2.31. The Labute approximate surface area is 185 Å². The summed E-state index contributed by atoms with van der Waals surface area (Å²) in [6.07, 6.45) is 10.4. The molecule has 32 heavy (non-hydrogen) atoms. The summed E-state index contributed by atoms with van der Waals surface area (Å²) in [6, 6.07) is 13.7. The van der Waals surface area contributed by atoms with Gasteiger partial charge in [-0.2, -0.15) is 0 Å². The van der Waals surface area contributed by atoms with Crippen LogP contribution in [0.5, 0.6) is 0 Å². The number of hydrogen-bond donors (Lipinski definition) is 2. The highest BCUT2D eigenvalue weighted by Gasteiger charge is 2.16. The molecule has 8 nitrogen and oxygen atoms in total. The summed E-state index contributed by atoms with van der Waals surface area (Å²) in [5, 5.41) is 0. The van der Waals surface area contributed by atoms with Crippen molar-refractivity contribution in [3.63, 3.8) is 0 Å². The molecule has 0 aliphatic heterocycles. The number of benzene rings is 1. The number of pyridine rings is 2. The molecule has 4 rings (SSSR count). The van der Waals surface area contributed by atoms with Crippen LogP contribution < -0.4 is 9.13 Å². The van der Waals surface area contributed by atoms with Crippen LogP contribution in [-0.2, 0) is 22.4 Å². The Morgan fingerprint density at radius 1 is 0.844 bits per heavy atom. The second kappa shape index (κ2) is 9.44. The number of aldehydes is 1. The van der Waals surface area contributed by atoms with Crippen LogP contribution >= 0.6 is 7.60 Å². The van der Waals surface area contributed by atoms with E-state index >= 15 is 0 Å². The van der Waals surface area contributed by atoms with Crippen LogP contribution in [-0.4, -0.2) is 32.2 Å². The lowest BCUT2D eigenvalue weighted by Crippen LogP contribution is -2.34. The Kier molecular flexibility index (Phi) is 6.46. The molecular formula is C23H23N4O4P+2. The maximum absolute atomic E-state index is 11.0. The van der Waals surface area contributed by atoms with E-state index in [0.29, 0.717) is 13.0 Å². The molecule has 0 radical (unpaired) electrons. The summed E-state index contributed by atoms with van der Waals surface area (Å²) in [6.45, 7) is 0.909. The third-order valence-electron chi connectivity index (χ3n) is 5.11. The zero-order valence-electron chi connectivity index (χ0n) is 17.3. The van der Waals surface area contributed by atoms with E-state index in [1.54, 1.807) is 23.2 Å². The van der Waals surface area contributed by atoms with Gasteiger partial charge >= 0.3 is 7.60 Å². The highest BCUT2D eigenvalue weighted by Crippen LogP contribution is 2.33. The maximum atomic E-state index is 11.0. The predicted molar refractivity (Wildman–Crippen MR) is 118 cm³/mol. The fraction of sp³-hybridized carbons (Fsp3) is 0.174. The smallest absolute Gasteiger partial charge is 0.324 e. The normalized spacial score (nSPS) is 11.6. The number of rotatable bonds is 8. The number of carbonyl (C=O) groups is 1. The van der Waals surface area contributed by atoms with Crippen molar-refractivity contribution in [2.45, 2.75) is 19.5 Å². The van der Waals surface area contributed by atoms with Gasteiger partial charge in [-0.1, -0.05) is 6.07 Å². The van der Waals surface area contributed by atoms with Gasteiger partial charge in [0.2, 0.25) is 0 Å². The van der Waals surface area contributed by atoms with E-state index < -0.39 is 7.60 Å². The number of fused-ring (bicyclic) bond motifs is 1. The van der Waals surface area contributed by atoms with Gasteiger partial charge in [-0.15, -0.1) is 0 Å². The van der Waals surface area contributed by atoms with Crippen molar-refractivity contribution >= 4 is 24.9 Å². The molecule has 0 spiro atoms. The molecule has 0 bridgehead atoms. The molecule has 0 atom stereocenters. The van der Waals surface area contributed by atoms with Crippen molar-refractivity contribution in [3.8, 4) is 22.4 Å². The van der Waals surface area contributed by atoms with Crippen molar-refractivity contribution < 1.29 is 28.3 Å². The maximum Gasteiger partial charge on any atom is 0.331 e. The summed E-state index contributed by atoms with van der Waals surface area (Å²) in [4.78, 5) is 37.8. The first-order valence-corrected chi connectivity index (χ1v) is 11.9. The Morgan fingerprint density at radius 3 is 2.16 bits per heavy atom. The number of hydrogen-bond acceptors (Lipinski definition) is 4. The number of aryl methyl sites for hydroxylation is 2. The van der Waals surface area contributed by atoms with Gasteiger partial charge in [0.25, 0.3) is 0 Å². The van der Waals surface area contributed by atoms with Crippen LogP contribution in [0, 0.1) is 0 Å². The monoisotopic (exact) mass is 450 g/mol. The van der Waals surface area contributed by atoms with Crippen molar-refractivity contribution in [1.29, 1.82) is 0 Å². The van der Waals surface area contributed by atoms with Crippen LogP contribution in [0.25, 0.3) is 33.4 Å². The minimum Gasteiger partial charge on any atom is -0.324 e. The van der Waals surface area contributed by atoms with Gasteiger partial charge in [0.15, 0.2) is 37.9 Å². The van der Waals surface area contributed by atoms with Crippen molar-refractivity contribution in [2.24, 2.45) is 0 Å². The number of aromatic nitrogens is 4. The molecule has 2 N–H and O–H groups in total. The quantitative estimate of drug-likeness (QED) is 0.242. The Balaban J connectivity index is 1.52. The zero-order valence-corrected chi connectivity index (χ0v) is 18.2. The minimum atomic E-state index is -4.02. The summed E-state index contributed by atoms with van der Waals surface area (Å²) in [5.41, 5.74) is 5.26. The van der Waals surface area contributed by atoms with E-state index in [2.05, 4.69) is 4.98 Å². The largest absolute Gasteiger partial charge is 0.331 e. The van der Waals surface area contributed by atoms with Crippen molar-refractivity contribution in [2.75, 3.05) is 6.16 Å². The SMILES string of the molecule is O=CCC[n+]1ccc(-c2ccc3nc(-c4cc[n+](CCP(=O)(O)O)cc4)cnc3c2)cc1. The van der Waals surface area contributed by atoms with E-state index in [-0.39, 0.29) is 12.7 Å². The van der Waals surface area contributed by atoms with Crippen LogP contribution in [0.15, 0.2) is 73.4 Å². The molecule has 0 saturated carbocycles. The molecular weight excluding hydrogens is 427 g/mol. The third-order valence-corrected chi connectivity index (χ3v) is 5.89. The third kappa shape index (κ3) is 5.48. The Bertz CT molecular complexity index is 1290. The molecule has 0 saturated heterocycles. The first-order valence-electron chi connectivity index (χ1n) is 10.2. The van der Waals surface area contributed by atoms with Crippen molar-refractivity contribution in [1.82, 2.24) is 9.97 Å². The topological polar surface area (TPSA) is 108 Å².